The van der Waals surface area contributed by atoms with Gasteiger partial charge in [0.15, 0.2) is 11.5 Å². The first-order valence-electron chi connectivity index (χ1n) is 10.6. The molecule has 3 aliphatic rings. The third kappa shape index (κ3) is 3.23. The molecule has 0 radical (unpaired) electrons. The summed E-state index contributed by atoms with van der Waals surface area (Å²) in [6.45, 7) is 5.73. The van der Waals surface area contributed by atoms with Gasteiger partial charge < -0.3 is 28.4 Å². The Morgan fingerprint density at radius 3 is 2.53 bits per heavy atom. The summed E-state index contributed by atoms with van der Waals surface area (Å²) in [5.74, 6) is 2.58. The highest BCUT2D eigenvalue weighted by Gasteiger charge is 2.47. The summed E-state index contributed by atoms with van der Waals surface area (Å²) in [6, 6.07) is 7.51. The van der Waals surface area contributed by atoms with Gasteiger partial charge in [0.05, 0.1) is 25.7 Å². The molecule has 7 heteroatoms. The molecule has 0 saturated carbocycles. The van der Waals surface area contributed by atoms with Crippen LogP contribution in [0.15, 0.2) is 30.3 Å². The Balaban J connectivity index is 1.66. The van der Waals surface area contributed by atoms with E-state index in [0.717, 1.165) is 22.4 Å². The largest absolute Gasteiger partial charge is 0.493 e. The third-order valence-corrected chi connectivity index (χ3v) is 6.08. The van der Waals surface area contributed by atoms with Crippen molar-refractivity contribution in [3.63, 3.8) is 0 Å². The first-order chi connectivity index (χ1) is 15.3. The SMILES string of the molecule is COc1cc2c(cc1OC)[C@@H]1[C@H](OC(C)=O)c3ccc4c(c3O[C@@H]1CO2)C=CC(C)(C)O4. The third-order valence-electron chi connectivity index (χ3n) is 6.08. The van der Waals surface area contributed by atoms with Crippen molar-refractivity contribution in [1.82, 2.24) is 0 Å². The van der Waals surface area contributed by atoms with E-state index in [1.165, 1.54) is 6.92 Å². The fourth-order valence-electron chi connectivity index (χ4n) is 4.67. The lowest BCUT2D eigenvalue weighted by atomic mass is 9.79. The van der Waals surface area contributed by atoms with E-state index in [1.54, 1.807) is 20.3 Å². The molecule has 0 aliphatic carbocycles. The highest BCUT2D eigenvalue weighted by atomic mass is 16.6. The molecule has 168 valence electrons. The predicted molar refractivity (Wildman–Crippen MR) is 117 cm³/mol. The Kier molecular flexibility index (Phi) is 4.73. The maximum absolute atomic E-state index is 12.1. The van der Waals surface area contributed by atoms with Crippen molar-refractivity contribution in [2.24, 2.45) is 0 Å². The second-order valence-corrected chi connectivity index (χ2v) is 8.70. The standard InChI is InChI=1S/C25H26O7/c1-13(26)30-24-15-6-7-17-14(8-9-25(2,3)32-17)23(15)31-21-12-29-18-11-20(28-5)19(27-4)10-16(18)22(21)24/h6-11,21-22,24H,12H2,1-5H3/t21-,22+,24-/m1/s1. The summed E-state index contributed by atoms with van der Waals surface area (Å²) in [4.78, 5) is 12.1. The Hall–Kier alpha value is -3.35. The van der Waals surface area contributed by atoms with Crippen molar-refractivity contribution in [1.29, 1.82) is 0 Å². The first-order valence-corrected chi connectivity index (χ1v) is 10.6. The number of carbonyl (C=O) groups is 1. The zero-order chi connectivity index (χ0) is 22.6. The van der Waals surface area contributed by atoms with Gasteiger partial charge in [-0.15, -0.1) is 0 Å². The molecule has 2 aromatic carbocycles. The van der Waals surface area contributed by atoms with Crippen LogP contribution < -0.4 is 23.7 Å². The summed E-state index contributed by atoms with van der Waals surface area (Å²) < 4.78 is 35.4. The second kappa shape index (κ2) is 7.36. The molecule has 0 bridgehead atoms. The molecule has 3 atom stereocenters. The topological polar surface area (TPSA) is 72.5 Å². The van der Waals surface area contributed by atoms with Crippen LogP contribution in [0.25, 0.3) is 6.08 Å². The number of hydrogen-bond acceptors (Lipinski definition) is 7. The van der Waals surface area contributed by atoms with Gasteiger partial charge in [-0.2, -0.15) is 0 Å². The Morgan fingerprint density at radius 2 is 1.81 bits per heavy atom. The van der Waals surface area contributed by atoms with Gasteiger partial charge in [-0.05, 0) is 44.2 Å². The molecule has 0 saturated heterocycles. The highest BCUT2D eigenvalue weighted by molar-refractivity contribution is 5.72. The molecule has 0 fully saturated rings. The maximum atomic E-state index is 12.1. The van der Waals surface area contributed by atoms with Gasteiger partial charge in [0, 0.05) is 24.1 Å². The fraction of sp³-hybridized carbons (Fsp3) is 0.400. The first kappa shape index (κ1) is 20.5. The summed E-state index contributed by atoms with van der Waals surface area (Å²) >= 11 is 0. The smallest absolute Gasteiger partial charge is 0.303 e. The second-order valence-electron chi connectivity index (χ2n) is 8.70. The van der Waals surface area contributed by atoms with E-state index < -0.39 is 11.7 Å². The van der Waals surface area contributed by atoms with Crippen molar-refractivity contribution in [3.05, 3.63) is 47.0 Å². The molecule has 5 rings (SSSR count). The molecular weight excluding hydrogens is 412 g/mol. The molecule has 32 heavy (non-hydrogen) atoms. The van der Waals surface area contributed by atoms with Crippen molar-refractivity contribution in [2.45, 2.75) is 44.5 Å². The van der Waals surface area contributed by atoms with Crippen LogP contribution in [-0.2, 0) is 9.53 Å². The minimum Gasteiger partial charge on any atom is -0.493 e. The van der Waals surface area contributed by atoms with Crippen LogP contribution in [0.3, 0.4) is 0 Å². The zero-order valence-corrected chi connectivity index (χ0v) is 18.8. The Labute approximate surface area is 186 Å². The van der Waals surface area contributed by atoms with E-state index in [1.807, 2.05) is 44.2 Å². The number of fused-ring (bicyclic) bond motifs is 6. The Bertz CT molecular complexity index is 1120. The quantitative estimate of drug-likeness (QED) is 0.657. The van der Waals surface area contributed by atoms with Gasteiger partial charge in [-0.25, -0.2) is 0 Å². The molecule has 3 heterocycles. The number of benzene rings is 2. The predicted octanol–water partition coefficient (Wildman–Crippen LogP) is 4.43. The molecule has 0 unspecified atom stereocenters. The molecular formula is C25H26O7. The van der Waals surface area contributed by atoms with Crippen LogP contribution in [0.5, 0.6) is 28.7 Å². The van der Waals surface area contributed by atoms with E-state index in [9.17, 15) is 4.79 Å². The summed E-state index contributed by atoms with van der Waals surface area (Å²) in [6.07, 6.45) is 3.10. The van der Waals surface area contributed by atoms with Crippen molar-refractivity contribution in [3.8, 4) is 28.7 Å². The van der Waals surface area contributed by atoms with Gasteiger partial charge in [0.25, 0.3) is 0 Å². The zero-order valence-electron chi connectivity index (χ0n) is 18.8. The average molecular weight is 438 g/mol. The summed E-state index contributed by atoms with van der Waals surface area (Å²) in [5.41, 5.74) is 2.09. The van der Waals surface area contributed by atoms with E-state index >= 15 is 0 Å². The lowest BCUT2D eigenvalue weighted by molar-refractivity contribution is -0.151. The summed E-state index contributed by atoms with van der Waals surface area (Å²) in [7, 11) is 3.17. The van der Waals surface area contributed by atoms with Crippen molar-refractivity contribution < 1.29 is 33.2 Å². The normalized spacial score (nSPS) is 23.7. The number of rotatable bonds is 3. The minimum atomic E-state index is -0.546. The van der Waals surface area contributed by atoms with Crippen LogP contribution in [-0.4, -0.2) is 38.5 Å². The number of carbonyl (C=O) groups excluding carboxylic acids is 1. The van der Waals surface area contributed by atoms with Gasteiger partial charge in [-0.1, -0.05) is 0 Å². The molecule has 0 spiro atoms. The summed E-state index contributed by atoms with van der Waals surface area (Å²) in [5, 5.41) is 0. The van der Waals surface area contributed by atoms with E-state index in [4.69, 9.17) is 28.4 Å². The number of methoxy groups -OCH3 is 2. The Morgan fingerprint density at radius 1 is 1.06 bits per heavy atom. The van der Waals surface area contributed by atoms with Gasteiger partial charge in [0.2, 0.25) is 0 Å². The van der Waals surface area contributed by atoms with Crippen LogP contribution in [0.2, 0.25) is 0 Å². The minimum absolute atomic E-state index is 0.266. The molecule has 3 aliphatic heterocycles. The molecule has 0 aromatic heterocycles. The number of ether oxygens (including phenoxy) is 6. The number of hydrogen-bond donors (Lipinski definition) is 0. The van der Waals surface area contributed by atoms with Crippen LogP contribution in [0, 0.1) is 0 Å². The molecule has 7 nitrogen and oxygen atoms in total. The fourth-order valence-corrected chi connectivity index (χ4v) is 4.67. The van der Waals surface area contributed by atoms with E-state index in [2.05, 4.69) is 0 Å². The van der Waals surface area contributed by atoms with Gasteiger partial charge in [-0.3, -0.25) is 4.79 Å². The maximum Gasteiger partial charge on any atom is 0.303 e. The molecule has 0 amide bonds. The van der Waals surface area contributed by atoms with Crippen LogP contribution in [0.4, 0.5) is 0 Å². The highest BCUT2D eigenvalue weighted by Crippen LogP contribution is 2.54. The monoisotopic (exact) mass is 438 g/mol. The van der Waals surface area contributed by atoms with E-state index in [-0.39, 0.29) is 18.0 Å². The number of esters is 1. The molecule has 2 aromatic rings. The van der Waals surface area contributed by atoms with Gasteiger partial charge >= 0.3 is 5.97 Å². The van der Waals surface area contributed by atoms with E-state index in [0.29, 0.717) is 29.6 Å². The van der Waals surface area contributed by atoms with Crippen LogP contribution in [0.1, 0.15) is 49.5 Å². The van der Waals surface area contributed by atoms with Gasteiger partial charge in [0.1, 0.15) is 41.7 Å². The molecule has 0 N–H and O–H groups in total. The van der Waals surface area contributed by atoms with Crippen molar-refractivity contribution in [2.75, 3.05) is 20.8 Å². The lowest BCUT2D eigenvalue weighted by Crippen LogP contribution is -2.43. The lowest BCUT2D eigenvalue weighted by Gasteiger charge is -2.43. The van der Waals surface area contributed by atoms with Crippen LogP contribution >= 0.6 is 0 Å². The average Bonchev–Trinajstić information content (AvgIpc) is 2.76. The van der Waals surface area contributed by atoms with Crippen molar-refractivity contribution >= 4 is 12.0 Å².